The first kappa shape index (κ1) is 16.7. The Morgan fingerprint density at radius 3 is 2.39 bits per heavy atom. The fourth-order valence-electron chi connectivity index (χ4n) is 4.37. The van der Waals surface area contributed by atoms with E-state index in [9.17, 15) is 9.59 Å². The molecule has 3 atom stereocenters. The quantitative estimate of drug-likeness (QED) is 0.833. The minimum absolute atomic E-state index is 0.0328. The molecule has 3 fully saturated rings. The van der Waals surface area contributed by atoms with Crippen molar-refractivity contribution < 1.29 is 9.59 Å². The number of likely N-dealkylation sites (tertiary alicyclic amines) is 1. The van der Waals surface area contributed by atoms with Crippen LogP contribution in [0.4, 0.5) is 0 Å². The molecule has 3 aliphatic rings. The molecule has 2 N–H and O–H groups in total. The van der Waals surface area contributed by atoms with Gasteiger partial charge in [-0.15, -0.1) is 0 Å². The van der Waals surface area contributed by atoms with Crippen molar-refractivity contribution in [3.8, 4) is 0 Å². The van der Waals surface area contributed by atoms with Gasteiger partial charge in [0.25, 0.3) is 0 Å². The van der Waals surface area contributed by atoms with Crippen molar-refractivity contribution >= 4 is 11.8 Å². The van der Waals surface area contributed by atoms with Gasteiger partial charge in [0, 0.05) is 31.1 Å². The van der Waals surface area contributed by atoms with Crippen molar-refractivity contribution in [2.24, 2.45) is 5.41 Å². The summed E-state index contributed by atoms with van der Waals surface area (Å²) in [5.74, 6) is 0.191. The van der Waals surface area contributed by atoms with Gasteiger partial charge >= 0.3 is 0 Å². The second kappa shape index (κ2) is 6.42. The second-order valence-corrected chi connectivity index (χ2v) is 8.80. The van der Waals surface area contributed by atoms with Gasteiger partial charge < -0.3 is 15.5 Å². The Balaban J connectivity index is 1.56. The highest BCUT2D eigenvalue weighted by atomic mass is 16.2. The molecule has 0 aromatic carbocycles. The van der Waals surface area contributed by atoms with E-state index in [1.807, 2.05) is 4.90 Å². The summed E-state index contributed by atoms with van der Waals surface area (Å²) in [5.41, 5.74) is -0.0328. The second-order valence-electron chi connectivity index (χ2n) is 8.80. The van der Waals surface area contributed by atoms with Gasteiger partial charge in [-0.2, -0.15) is 0 Å². The molecule has 5 nitrogen and oxygen atoms in total. The van der Waals surface area contributed by atoms with Crippen LogP contribution in [0.3, 0.4) is 0 Å². The normalized spacial score (nSPS) is 33.8. The molecule has 3 aliphatic heterocycles. The topological polar surface area (TPSA) is 61.4 Å². The predicted octanol–water partition coefficient (Wildman–Crippen LogP) is 1.81. The number of carbonyl (C=O) groups excluding carboxylic acids is 2. The van der Waals surface area contributed by atoms with Crippen molar-refractivity contribution in [1.82, 2.24) is 15.5 Å². The number of piperidine rings is 1. The van der Waals surface area contributed by atoms with E-state index < -0.39 is 0 Å². The van der Waals surface area contributed by atoms with E-state index >= 15 is 0 Å². The zero-order valence-electron chi connectivity index (χ0n) is 14.7. The summed E-state index contributed by atoms with van der Waals surface area (Å²) >= 11 is 0. The number of hydrogen-bond acceptors (Lipinski definition) is 3. The Hall–Kier alpha value is -1.10. The Labute approximate surface area is 139 Å². The molecule has 2 amide bonds. The maximum absolute atomic E-state index is 12.7. The number of nitrogens with zero attached hydrogens (tertiary/aromatic N) is 1. The summed E-state index contributed by atoms with van der Waals surface area (Å²) < 4.78 is 0. The van der Waals surface area contributed by atoms with Crippen molar-refractivity contribution in [1.29, 1.82) is 0 Å². The predicted molar refractivity (Wildman–Crippen MR) is 89.9 cm³/mol. The van der Waals surface area contributed by atoms with Crippen LogP contribution >= 0.6 is 0 Å². The zero-order valence-corrected chi connectivity index (χ0v) is 14.7. The average Bonchev–Trinajstić information content (AvgIpc) is 3.04. The van der Waals surface area contributed by atoms with Gasteiger partial charge in [-0.25, -0.2) is 0 Å². The fourth-order valence-corrected chi connectivity index (χ4v) is 4.37. The number of hydrogen-bond donors (Lipinski definition) is 2. The summed E-state index contributed by atoms with van der Waals surface area (Å²) in [5, 5.41) is 6.84. The van der Waals surface area contributed by atoms with Gasteiger partial charge in [-0.05, 0) is 43.9 Å². The summed E-state index contributed by atoms with van der Waals surface area (Å²) in [4.78, 5) is 27.0. The van der Waals surface area contributed by atoms with Gasteiger partial charge in [0.1, 0.15) is 6.04 Å². The Kier molecular flexibility index (Phi) is 4.68. The van der Waals surface area contributed by atoms with E-state index in [-0.39, 0.29) is 29.3 Å². The van der Waals surface area contributed by atoms with Gasteiger partial charge in [-0.1, -0.05) is 20.8 Å². The number of nitrogens with one attached hydrogen (secondary N) is 2. The molecule has 0 saturated carbocycles. The number of carbonyl (C=O) groups is 2. The summed E-state index contributed by atoms with van der Waals surface area (Å²) in [6, 6.07) is 1.17. The molecule has 3 unspecified atom stereocenters. The maximum Gasteiger partial charge on any atom is 0.243 e. The number of amides is 2. The number of fused-ring (bicyclic) bond motifs is 2. The third-order valence-electron chi connectivity index (χ3n) is 5.38. The van der Waals surface area contributed by atoms with Crippen molar-refractivity contribution in [2.75, 3.05) is 6.54 Å². The monoisotopic (exact) mass is 321 g/mol. The fraction of sp³-hybridized carbons (Fsp3) is 0.889. The van der Waals surface area contributed by atoms with Crippen LogP contribution in [0.15, 0.2) is 0 Å². The lowest BCUT2D eigenvalue weighted by atomic mass is 9.91. The van der Waals surface area contributed by atoms with Gasteiger partial charge in [0.2, 0.25) is 11.8 Å². The lowest BCUT2D eigenvalue weighted by Crippen LogP contribution is -2.53. The molecule has 5 heteroatoms. The van der Waals surface area contributed by atoms with Crippen LogP contribution in [0.2, 0.25) is 0 Å². The molecular formula is C18H31N3O2. The molecule has 0 aromatic rings. The van der Waals surface area contributed by atoms with Crippen molar-refractivity contribution in [3.63, 3.8) is 0 Å². The highest BCUT2D eigenvalue weighted by Gasteiger charge is 2.38. The van der Waals surface area contributed by atoms with Crippen LogP contribution in [-0.2, 0) is 9.59 Å². The first-order valence-corrected chi connectivity index (χ1v) is 9.18. The van der Waals surface area contributed by atoms with Crippen LogP contribution in [0.25, 0.3) is 0 Å². The SMILES string of the molecule is CC(C)(C)CC(=O)N1CCCC1C(=O)NC1CC2CCC(C1)N2. The van der Waals surface area contributed by atoms with Crippen LogP contribution in [0.1, 0.15) is 65.7 Å². The van der Waals surface area contributed by atoms with Gasteiger partial charge in [-0.3, -0.25) is 9.59 Å². The third kappa shape index (κ3) is 4.06. The van der Waals surface area contributed by atoms with E-state index in [0.29, 0.717) is 18.5 Å². The molecule has 3 rings (SSSR count). The molecular weight excluding hydrogens is 290 g/mol. The van der Waals surface area contributed by atoms with Crippen LogP contribution < -0.4 is 10.6 Å². The molecule has 130 valence electrons. The van der Waals surface area contributed by atoms with E-state index in [1.54, 1.807) is 0 Å². The highest BCUT2D eigenvalue weighted by Crippen LogP contribution is 2.28. The summed E-state index contributed by atoms with van der Waals surface area (Å²) in [7, 11) is 0. The Morgan fingerprint density at radius 2 is 1.78 bits per heavy atom. The van der Waals surface area contributed by atoms with Gasteiger partial charge in [0.05, 0.1) is 0 Å². The zero-order chi connectivity index (χ0) is 16.6. The van der Waals surface area contributed by atoms with Crippen LogP contribution in [0, 0.1) is 5.41 Å². The number of rotatable bonds is 3. The third-order valence-corrected chi connectivity index (χ3v) is 5.38. The van der Waals surface area contributed by atoms with E-state index in [4.69, 9.17) is 0 Å². The molecule has 3 saturated heterocycles. The maximum atomic E-state index is 12.7. The lowest BCUT2D eigenvalue weighted by Gasteiger charge is -2.32. The van der Waals surface area contributed by atoms with Gasteiger partial charge in [0.15, 0.2) is 0 Å². The van der Waals surface area contributed by atoms with Crippen LogP contribution in [-0.4, -0.2) is 47.4 Å². The first-order valence-electron chi connectivity index (χ1n) is 9.18. The summed E-state index contributed by atoms with van der Waals surface area (Å²) in [6.07, 6.45) is 6.78. The largest absolute Gasteiger partial charge is 0.351 e. The molecule has 2 bridgehead atoms. The van der Waals surface area contributed by atoms with E-state index in [1.165, 1.54) is 12.8 Å². The Bertz CT molecular complexity index is 459. The minimum atomic E-state index is -0.252. The molecule has 0 radical (unpaired) electrons. The molecule has 23 heavy (non-hydrogen) atoms. The van der Waals surface area contributed by atoms with Crippen LogP contribution in [0.5, 0.6) is 0 Å². The minimum Gasteiger partial charge on any atom is -0.351 e. The average molecular weight is 321 g/mol. The standard InChI is InChI=1S/C18H31N3O2/c1-18(2,3)11-16(22)21-8-4-5-15(21)17(23)20-14-9-12-6-7-13(10-14)19-12/h12-15,19H,4-11H2,1-3H3,(H,20,23). The van der Waals surface area contributed by atoms with E-state index in [2.05, 4.69) is 31.4 Å². The van der Waals surface area contributed by atoms with E-state index in [0.717, 1.165) is 32.2 Å². The van der Waals surface area contributed by atoms with Crippen molar-refractivity contribution in [3.05, 3.63) is 0 Å². The highest BCUT2D eigenvalue weighted by molar-refractivity contribution is 5.88. The molecule has 3 heterocycles. The molecule has 0 aliphatic carbocycles. The molecule has 0 spiro atoms. The molecule has 0 aromatic heterocycles. The smallest absolute Gasteiger partial charge is 0.243 e. The Morgan fingerprint density at radius 1 is 1.13 bits per heavy atom. The van der Waals surface area contributed by atoms with Crippen molar-refractivity contribution in [2.45, 2.75) is 89.9 Å². The lowest BCUT2D eigenvalue weighted by molar-refractivity contribution is -0.140. The summed E-state index contributed by atoms with van der Waals surface area (Å²) in [6.45, 7) is 6.94. The first-order chi connectivity index (χ1) is 10.8.